The van der Waals surface area contributed by atoms with Crippen LogP contribution in [0.5, 0.6) is 0 Å². The topological polar surface area (TPSA) is 58.9 Å². The van der Waals surface area contributed by atoms with Crippen molar-refractivity contribution in [3.8, 4) is 67.0 Å². The summed E-state index contributed by atoms with van der Waals surface area (Å²) in [4.78, 5) is 15.2. The van der Waals surface area contributed by atoms with Gasteiger partial charge in [-0.1, -0.05) is 129 Å². The van der Waals surface area contributed by atoms with Gasteiger partial charge in [0.05, 0.1) is 16.3 Å². The molecule has 218 valence electrons. The van der Waals surface area contributed by atoms with Gasteiger partial charge >= 0.3 is 0 Å². The standard InChI is InChI=1S/C41H32N2O2/c1-27(2)32-19-12-20-34-35(28-13-6-3-7-14-28)26-37(36(34)25-32)41-39(30-21-23-33(24-22-30)43(44)45)38(29-15-8-4-9-16-29)40(42-41)31-17-10-5-11-18-31/h3-27,42H,1-2H3. The maximum atomic E-state index is 11.6. The summed E-state index contributed by atoms with van der Waals surface area (Å²) in [5.74, 6) is 0.348. The third-order valence-corrected chi connectivity index (χ3v) is 8.53. The number of nitrogens with one attached hydrogen (secondary N) is 1. The SMILES string of the molecule is CC(C)c1cccc2c(-c3ccccc3)cc(-c3[nH]c(-c4ccccc4)c(-c4ccccc4)c3-c3ccc([N+](=O)[O-])cc3)c-2c1. The van der Waals surface area contributed by atoms with Gasteiger partial charge in [-0.3, -0.25) is 10.1 Å². The number of nitrogens with zero attached hydrogens (tertiary/aromatic N) is 1. The fraction of sp³-hybridized carbons (Fsp3) is 0.0732. The predicted molar refractivity (Wildman–Crippen MR) is 185 cm³/mol. The fourth-order valence-electron chi connectivity index (χ4n) is 6.27. The predicted octanol–water partition coefficient (Wildman–Crippen LogP) is 11.5. The summed E-state index contributed by atoms with van der Waals surface area (Å²) in [5.41, 5.74) is 14.2. The molecule has 0 saturated carbocycles. The van der Waals surface area contributed by atoms with Crippen LogP contribution in [0.1, 0.15) is 25.3 Å². The van der Waals surface area contributed by atoms with E-state index in [4.69, 9.17) is 0 Å². The van der Waals surface area contributed by atoms with Crippen molar-refractivity contribution in [2.24, 2.45) is 0 Å². The van der Waals surface area contributed by atoms with Gasteiger partial charge in [-0.05, 0) is 68.6 Å². The molecule has 2 aliphatic carbocycles. The molecule has 1 N–H and O–H groups in total. The Kier molecular flexibility index (Phi) is 7.32. The molecule has 0 spiro atoms. The van der Waals surface area contributed by atoms with Crippen molar-refractivity contribution in [2.75, 3.05) is 0 Å². The number of hydrogen-bond donors (Lipinski definition) is 1. The van der Waals surface area contributed by atoms with Crippen LogP contribution in [0.25, 0.3) is 67.0 Å². The van der Waals surface area contributed by atoms with E-state index in [0.29, 0.717) is 5.92 Å². The number of rotatable bonds is 7. The molecule has 0 amide bonds. The van der Waals surface area contributed by atoms with Crippen molar-refractivity contribution in [3.63, 3.8) is 0 Å². The quantitative estimate of drug-likeness (QED) is 0.150. The minimum atomic E-state index is -0.348. The second-order valence-corrected chi connectivity index (χ2v) is 11.7. The zero-order chi connectivity index (χ0) is 30.9. The fourth-order valence-corrected chi connectivity index (χ4v) is 6.27. The average molecular weight is 585 g/mol. The molecule has 4 heteroatoms. The van der Waals surface area contributed by atoms with Crippen LogP contribution < -0.4 is 0 Å². The first-order valence-corrected chi connectivity index (χ1v) is 15.2. The lowest BCUT2D eigenvalue weighted by molar-refractivity contribution is -0.384. The molecular formula is C41H32N2O2. The van der Waals surface area contributed by atoms with E-state index in [9.17, 15) is 10.1 Å². The van der Waals surface area contributed by atoms with E-state index in [1.165, 1.54) is 16.7 Å². The Morgan fingerprint density at radius 1 is 0.511 bits per heavy atom. The van der Waals surface area contributed by atoms with Gasteiger partial charge in [-0.25, -0.2) is 0 Å². The molecule has 4 aromatic carbocycles. The summed E-state index contributed by atoms with van der Waals surface area (Å²) in [6.07, 6.45) is 0. The molecule has 4 nitrogen and oxygen atoms in total. The molecule has 0 saturated heterocycles. The molecule has 0 radical (unpaired) electrons. The summed E-state index contributed by atoms with van der Waals surface area (Å²) in [6, 6.07) is 49.4. The summed E-state index contributed by atoms with van der Waals surface area (Å²) in [7, 11) is 0. The summed E-state index contributed by atoms with van der Waals surface area (Å²) in [5, 5.41) is 11.6. The number of benzene rings is 4. The first-order valence-electron chi connectivity index (χ1n) is 15.2. The van der Waals surface area contributed by atoms with Crippen molar-refractivity contribution in [1.29, 1.82) is 0 Å². The third kappa shape index (κ3) is 5.21. The van der Waals surface area contributed by atoms with E-state index < -0.39 is 0 Å². The van der Waals surface area contributed by atoms with E-state index in [2.05, 4.69) is 122 Å². The first kappa shape index (κ1) is 28.1. The Labute approximate surface area is 263 Å². The van der Waals surface area contributed by atoms with Gasteiger partial charge in [0, 0.05) is 28.8 Å². The number of aromatic nitrogens is 1. The second kappa shape index (κ2) is 11.7. The van der Waals surface area contributed by atoms with Crippen molar-refractivity contribution in [3.05, 3.63) is 161 Å². The highest BCUT2D eigenvalue weighted by Gasteiger charge is 2.27. The minimum Gasteiger partial charge on any atom is -0.353 e. The van der Waals surface area contributed by atoms with E-state index in [-0.39, 0.29) is 10.6 Å². The van der Waals surface area contributed by atoms with Crippen LogP contribution in [0, 0.1) is 10.1 Å². The largest absolute Gasteiger partial charge is 0.353 e. The van der Waals surface area contributed by atoms with Crippen LogP contribution in [-0.2, 0) is 0 Å². The number of nitro groups is 1. The van der Waals surface area contributed by atoms with Crippen molar-refractivity contribution >= 4 is 5.69 Å². The van der Waals surface area contributed by atoms with Crippen molar-refractivity contribution in [1.82, 2.24) is 4.98 Å². The van der Waals surface area contributed by atoms with E-state index in [1.807, 2.05) is 30.3 Å². The van der Waals surface area contributed by atoms with Gasteiger partial charge < -0.3 is 4.98 Å². The zero-order valence-corrected chi connectivity index (χ0v) is 25.2. The van der Waals surface area contributed by atoms with Crippen LogP contribution in [0.2, 0.25) is 0 Å². The number of hydrogen-bond acceptors (Lipinski definition) is 2. The van der Waals surface area contributed by atoms with Gasteiger partial charge in [-0.15, -0.1) is 0 Å². The summed E-state index contributed by atoms with van der Waals surface area (Å²) in [6.45, 7) is 4.44. The molecule has 45 heavy (non-hydrogen) atoms. The first-order chi connectivity index (χ1) is 22.0. The molecule has 0 atom stereocenters. The van der Waals surface area contributed by atoms with Crippen LogP contribution in [0.4, 0.5) is 5.69 Å². The molecular weight excluding hydrogens is 552 g/mol. The number of aromatic amines is 1. The van der Waals surface area contributed by atoms with Gasteiger partial charge in [-0.2, -0.15) is 0 Å². The minimum absolute atomic E-state index is 0.0686. The lowest BCUT2D eigenvalue weighted by Crippen LogP contribution is -1.89. The normalized spacial score (nSPS) is 11.3. The van der Waals surface area contributed by atoms with E-state index in [0.717, 1.165) is 55.9 Å². The average Bonchev–Trinajstić information content (AvgIpc) is 3.56. The molecule has 0 aliphatic heterocycles. The Bertz CT molecular complexity index is 2080. The molecule has 0 unspecified atom stereocenters. The number of nitro benzene ring substituents is 1. The maximum Gasteiger partial charge on any atom is 0.269 e. The Hall–Kier alpha value is -5.74. The summed E-state index contributed by atoms with van der Waals surface area (Å²) >= 11 is 0. The second-order valence-electron chi connectivity index (χ2n) is 11.7. The highest BCUT2D eigenvalue weighted by atomic mass is 16.6. The molecule has 1 aromatic heterocycles. The number of non-ortho nitro benzene ring substituents is 1. The van der Waals surface area contributed by atoms with Gasteiger partial charge in [0.25, 0.3) is 5.69 Å². The smallest absolute Gasteiger partial charge is 0.269 e. The van der Waals surface area contributed by atoms with Gasteiger partial charge in [0.2, 0.25) is 0 Å². The Morgan fingerprint density at radius 3 is 1.67 bits per heavy atom. The zero-order valence-electron chi connectivity index (χ0n) is 25.2. The van der Waals surface area contributed by atoms with Crippen LogP contribution in [0.3, 0.4) is 0 Å². The molecule has 5 aromatic rings. The summed E-state index contributed by atoms with van der Waals surface area (Å²) < 4.78 is 0. The molecule has 0 fully saturated rings. The lowest BCUT2D eigenvalue weighted by atomic mass is 9.91. The van der Waals surface area contributed by atoms with Gasteiger partial charge in [0.1, 0.15) is 0 Å². The van der Waals surface area contributed by atoms with Crippen LogP contribution in [-0.4, -0.2) is 9.91 Å². The van der Waals surface area contributed by atoms with Crippen molar-refractivity contribution < 1.29 is 4.92 Å². The maximum absolute atomic E-state index is 11.6. The Morgan fingerprint density at radius 2 is 1.07 bits per heavy atom. The molecule has 2 aliphatic rings. The van der Waals surface area contributed by atoms with Crippen LogP contribution in [0.15, 0.2) is 146 Å². The van der Waals surface area contributed by atoms with Crippen molar-refractivity contribution in [2.45, 2.75) is 19.8 Å². The number of fused-ring (bicyclic) bond motifs is 1. The molecule has 7 rings (SSSR count). The van der Waals surface area contributed by atoms with Gasteiger partial charge in [0.15, 0.2) is 0 Å². The number of H-pyrrole nitrogens is 1. The molecule has 0 bridgehead atoms. The monoisotopic (exact) mass is 584 g/mol. The van der Waals surface area contributed by atoms with Crippen LogP contribution >= 0.6 is 0 Å². The third-order valence-electron chi connectivity index (χ3n) is 8.53. The Balaban J connectivity index is 1.61. The van der Waals surface area contributed by atoms with E-state index >= 15 is 0 Å². The highest BCUT2D eigenvalue weighted by molar-refractivity contribution is 6.06. The lowest BCUT2D eigenvalue weighted by Gasteiger charge is -2.11. The highest BCUT2D eigenvalue weighted by Crippen LogP contribution is 2.51. The van der Waals surface area contributed by atoms with E-state index in [1.54, 1.807) is 12.1 Å². The molecule has 1 heterocycles.